The van der Waals surface area contributed by atoms with Gasteiger partial charge in [-0.15, -0.1) is 0 Å². The first-order chi connectivity index (χ1) is 14.8. The number of carbonyl (C=O) groups is 2. The summed E-state index contributed by atoms with van der Waals surface area (Å²) in [6, 6.07) is 18.5. The lowest BCUT2D eigenvalue weighted by atomic mass is 10.1. The molecule has 0 spiro atoms. The van der Waals surface area contributed by atoms with E-state index in [0.29, 0.717) is 5.75 Å². The van der Waals surface area contributed by atoms with Crippen molar-refractivity contribution < 1.29 is 18.7 Å². The predicted molar refractivity (Wildman–Crippen MR) is 119 cm³/mol. The molecule has 0 aliphatic rings. The van der Waals surface area contributed by atoms with E-state index in [0.717, 1.165) is 16.3 Å². The largest absolute Gasteiger partial charge is 0.483 e. The molecule has 0 bridgehead atoms. The topological polar surface area (TPSA) is 58.6 Å². The van der Waals surface area contributed by atoms with Gasteiger partial charge in [-0.1, -0.05) is 48.5 Å². The van der Waals surface area contributed by atoms with E-state index < -0.39 is 6.04 Å². The Morgan fingerprint density at radius 2 is 1.65 bits per heavy atom. The highest BCUT2D eigenvalue weighted by Crippen LogP contribution is 2.25. The number of hydrogen-bond donors (Lipinski definition) is 1. The van der Waals surface area contributed by atoms with Gasteiger partial charge in [0.15, 0.2) is 6.61 Å². The van der Waals surface area contributed by atoms with Crippen LogP contribution in [0.4, 0.5) is 4.39 Å². The Hall–Kier alpha value is -3.41. The van der Waals surface area contributed by atoms with Crippen LogP contribution in [0.1, 0.15) is 26.3 Å². The average molecular weight is 423 g/mol. The Bertz CT molecular complexity index is 1040. The molecule has 1 N–H and O–H groups in total. The third-order valence-electron chi connectivity index (χ3n) is 4.97. The van der Waals surface area contributed by atoms with E-state index in [-0.39, 0.29) is 36.8 Å². The molecular formula is C25H27FN2O3. The summed E-state index contributed by atoms with van der Waals surface area (Å²) in [7, 11) is 0. The fraction of sp³-hybridized carbons (Fsp3) is 0.280. The molecule has 5 nitrogen and oxygen atoms in total. The van der Waals surface area contributed by atoms with E-state index >= 15 is 0 Å². The first kappa shape index (κ1) is 22.3. The van der Waals surface area contributed by atoms with Gasteiger partial charge in [0.2, 0.25) is 5.91 Å². The molecule has 0 saturated carbocycles. The molecule has 1 atom stereocenters. The Balaban J connectivity index is 1.78. The third-order valence-corrected chi connectivity index (χ3v) is 4.97. The van der Waals surface area contributed by atoms with Crippen LogP contribution in [0.25, 0.3) is 10.8 Å². The van der Waals surface area contributed by atoms with E-state index in [9.17, 15) is 14.0 Å². The molecule has 162 valence electrons. The summed E-state index contributed by atoms with van der Waals surface area (Å²) < 4.78 is 19.1. The standard InChI is InChI=1S/C25H27FN2O3/c1-17(2)27-25(30)18(3)28(15-19-11-13-21(26)14-12-19)24(29)16-31-23-10-6-8-20-7-4-5-9-22(20)23/h4-14,17-18H,15-16H2,1-3H3,(H,27,30). The number of carbonyl (C=O) groups excluding carboxylic acids is 2. The number of halogens is 1. The second-order valence-electron chi connectivity index (χ2n) is 7.75. The van der Waals surface area contributed by atoms with Crippen molar-refractivity contribution in [1.29, 1.82) is 0 Å². The van der Waals surface area contributed by atoms with Crippen molar-refractivity contribution in [3.63, 3.8) is 0 Å². The van der Waals surface area contributed by atoms with Crippen molar-refractivity contribution in [2.24, 2.45) is 0 Å². The van der Waals surface area contributed by atoms with Gasteiger partial charge in [0.25, 0.3) is 5.91 Å². The van der Waals surface area contributed by atoms with Crippen LogP contribution in [-0.4, -0.2) is 35.4 Å². The molecular weight excluding hydrogens is 395 g/mol. The molecule has 3 aromatic carbocycles. The number of fused-ring (bicyclic) bond motifs is 1. The number of amides is 2. The van der Waals surface area contributed by atoms with Crippen LogP contribution >= 0.6 is 0 Å². The molecule has 0 aliphatic carbocycles. The van der Waals surface area contributed by atoms with Crippen molar-refractivity contribution in [3.05, 3.63) is 78.1 Å². The maximum Gasteiger partial charge on any atom is 0.261 e. The summed E-state index contributed by atoms with van der Waals surface area (Å²) in [5, 5.41) is 4.76. The lowest BCUT2D eigenvalue weighted by Gasteiger charge is -2.29. The molecule has 3 rings (SSSR count). The molecule has 0 saturated heterocycles. The van der Waals surface area contributed by atoms with Crippen LogP contribution in [0.2, 0.25) is 0 Å². The number of hydrogen-bond acceptors (Lipinski definition) is 3. The van der Waals surface area contributed by atoms with Gasteiger partial charge in [-0.2, -0.15) is 0 Å². The number of benzene rings is 3. The summed E-state index contributed by atoms with van der Waals surface area (Å²) in [5.41, 5.74) is 0.726. The molecule has 2 amide bonds. The summed E-state index contributed by atoms with van der Waals surface area (Å²) in [6.45, 7) is 5.36. The molecule has 0 aromatic heterocycles. The molecule has 0 aliphatic heterocycles. The second-order valence-corrected chi connectivity index (χ2v) is 7.75. The van der Waals surface area contributed by atoms with Crippen LogP contribution in [0.3, 0.4) is 0 Å². The van der Waals surface area contributed by atoms with Gasteiger partial charge in [-0.05, 0) is 49.9 Å². The van der Waals surface area contributed by atoms with Crippen molar-refractivity contribution in [2.75, 3.05) is 6.61 Å². The van der Waals surface area contributed by atoms with Crippen molar-refractivity contribution in [2.45, 2.75) is 39.4 Å². The highest BCUT2D eigenvalue weighted by molar-refractivity contribution is 5.90. The van der Waals surface area contributed by atoms with E-state index in [2.05, 4.69) is 5.32 Å². The summed E-state index contributed by atoms with van der Waals surface area (Å²) in [4.78, 5) is 27.1. The van der Waals surface area contributed by atoms with Crippen molar-refractivity contribution >= 4 is 22.6 Å². The van der Waals surface area contributed by atoms with Gasteiger partial charge in [0.05, 0.1) is 0 Å². The van der Waals surface area contributed by atoms with Crippen LogP contribution in [0.15, 0.2) is 66.7 Å². The number of nitrogens with zero attached hydrogens (tertiary/aromatic N) is 1. The van der Waals surface area contributed by atoms with Crippen LogP contribution in [-0.2, 0) is 16.1 Å². The summed E-state index contributed by atoms with van der Waals surface area (Å²) >= 11 is 0. The van der Waals surface area contributed by atoms with Crippen molar-refractivity contribution in [1.82, 2.24) is 10.2 Å². The lowest BCUT2D eigenvalue weighted by molar-refractivity contribution is -0.142. The Kier molecular flexibility index (Phi) is 7.23. The maximum absolute atomic E-state index is 13.3. The molecule has 0 radical (unpaired) electrons. The van der Waals surface area contributed by atoms with E-state index in [4.69, 9.17) is 4.74 Å². The van der Waals surface area contributed by atoms with E-state index in [1.165, 1.54) is 17.0 Å². The molecule has 0 heterocycles. The van der Waals surface area contributed by atoms with Gasteiger partial charge < -0.3 is 15.0 Å². The number of rotatable bonds is 8. The fourth-order valence-electron chi connectivity index (χ4n) is 3.32. The second kappa shape index (κ2) is 10.1. The summed E-state index contributed by atoms with van der Waals surface area (Å²) in [6.07, 6.45) is 0. The number of ether oxygens (including phenoxy) is 1. The SMILES string of the molecule is CC(C)NC(=O)C(C)N(Cc1ccc(F)cc1)C(=O)COc1cccc2ccccc12. The zero-order valence-electron chi connectivity index (χ0n) is 18.0. The normalized spacial score (nSPS) is 11.9. The van der Waals surface area contributed by atoms with E-state index in [1.54, 1.807) is 19.1 Å². The van der Waals surface area contributed by atoms with E-state index in [1.807, 2.05) is 56.3 Å². The van der Waals surface area contributed by atoms with Crippen LogP contribution in [0.5, 0.6) is 5.75 Å². The maximum atomic E-state index is 13.3. The zero-order valence-corrected chi connectivity index (χ0v) is 18.0. The zero-order chi connectivity index (χ0) is 22.4. The molecule has 0 fully saturated rings. The highest BCUT2D eigenvalue weighted by Gasteiger charge is 2.27. The van der Waals surface area contributed by atoms with Crippen molar-refractivity contribution in [3.8, 4) is 5.75 Å². The van der Waals surface area contributed by atoms with Gasteiger partial charge in [-0.3, -0.25) is 9.59 Å². The Morgan fingerprint density at radius 1 is 0.968 bits per heavy atom. The van der Waals surface area contributed by atoms with Gasteiger partial charge in [0.1, 0.15) is 17.6 Å². The minimum absolute atomic E-state index is 0.0512. The lowest BCUT2D eigenvalue weighted by Crippen LogP contribution is -2.50. The minimum atomic E-state index is -0.712. The Labute approximate surface area is 181 Å². The van der Waals surface area contributed by atoms with Crippen LogP contribution in [0, 0.1) is 5.82 Å². The minimum Gasteiger partial charge on any atom is -0.483 e. The third kappa shape index (κ3) is 5.81. The first-order valence-corrected chi connectivity index (χ1v) is 10.3. The molecule has 3 aromatic rings. The fourth-order valence-corrected chi connectivity index (χ4v) is 3.32. The average Bonchev–Trinajstić information content (AvgIpc) is 2.76. The molecule has 1 unspecified atom stereocenters. The first-order valence-electron chi connectivity index (χ1n) is 10.3. The van der Waals surface area contributed by atoms with Gasteiger partial charge in [0, 0.05) is 18.0 Å². The quantitative estimate of drug-likeness (QED) is 0.589. The molecule has 31 heavy (non-hydrogen) atoms. The smallest absolute Gasteiger partial charge is 0.261 e. The highest BCUT2D eigenvalue weighted by atomic mass is 19.1. The monoisotopic (exact) mass is 422 g/mol. The number of nitrogens with one attached hydrogen (secondary N) is 1. The van der Waals surface area contributed by atoms with Gasteiger partial charge in [-0.25, -0.2) is 4.39 Å². The van der Waals surface area contributed by atoms with Crippen LogP contribution < -0.4 is 10.1 Å². The molecule has 6 heteroatoms. The summed E-state index contributed by atoms with van der Waals surface area (Å²) in [5.74, 6) is -0.335. The van der Waals surface area contributed by atoms with Gasteiger partial charge >= 0.3 is 0 Å². The Morgan fingerprint density at radius 3 is 2.35 bits per heavy atom. The predicted octanol–water partition coefficient (Wildman–Crippen LogP) is 4.30.